The average molecular weight is 265 g/mol. The smallest absolute Gasteiger partial charge is 0.110 e. The number of benzene rings is 2. The van der Waals surface area contributed by atoms with Crippen LogP contribution in [0, 0.1) is 6.92 Å². The third kappa shape index (κ3) is 1.58. The maximum atomic E-state index is 11.4. The normalized spacial score (nSPS) is 27.4. The monoisotopic (exact) mass is 265 g/mol. The molecule has 2 heteroatoms. The van der Waals surface area contributed by atoms with Crippen molar-refractivity contribution in [2.24, 2.45) is 0 Å². The predicted molar refractivity (Wildman–Crippen MR) is 79.4 cm³/mol. The zero-order chi connectivity index (χ0) is 13.7. The summed E-state index contributed by atoms with van der Waals surface area (Å²) in [6.07, 6.45) is 1.77. The van der Waals surface area contributed by atoms with Crippen molar-refractivity contribution in [3.63, 3.8) is 0 Å². The maximum Gasteiger partial charge on any atom is 0.110 e. The van der Waals surface area contributed by atoms with Gasteiger partial charge in [0.15, 0.2) is 0 Å². The standard InChI is InChI=1S/C18H19NO/c1-12-6-7-13-8-9-18(20,16(13)10-12)17-15-5-3-2-4-14(15)11-19-17/h2-7,10,17,19-20H,8-9,11H2,1H3. The molecule has 2 N–H and O–H groups in total. The van der Waals surface area contributed by atoms with Crippen molar-refractivity contribution < 1.29 is 5.11 Å². The molecule has 0 spiro atoms. The first-order chi connectivity index (χ1) is 9.68. The summed E-state index contributed by atoms with van der Waals surface area (Å²) in [5, 5.41) is 14.9. The minimum atomic E-state index is -0.770. The van der Waals surface area contributed by atoms with Crippen LogP contribution in [0.15, 0.2) is 42.5 Å². The Morgan fingerprint density at radius 2 is 2.00 bits per heavy atom. The summed E-state index contributed by atoms with van der Waals surface area (Å²) in [6, 6.07) is 14.9. The van der Waals surface area contributed by atoms with Crippen LogP contribution in [0.3, 0.4) is 0 Å². The zero-order valence-electron chi connectivity index (χ0n) is 11.7. The van der Waals surface area contributed by atoms with Crippen LogP contribution in [0.1, 0.15) is 40.3 Å². The highest BCUT2D eigenvalue weighted by Crippen LogP contribution is 2.48. The molecule has 2 aromatic carbocycles. The Balaban J connectivity index is 1.83. The summed E-state index contributed by atoms with van der Waals surface area (Å²) in [5.41, 5.74) is 5.43. The Labute approximate surface area is 119 Å². The highest BCUT2D eigenvalue weighted by Gasteiger charge is 2.46. The van der Waals surface area contributed by atoms with Crippen LogP contribution in [0.4, 0.5) is 0 Å². The molecule has 2 nitrogen and oxygen atoms in total. The summed E-state index contributed by atoms with van der Waals surface area (Å²) in [5.74, 6) is 0. The minimum absolute atomic E-state index is 0.0155. The molecule has 102 valence electrons. The summed E-state index contributed by atoms with van der Waals surface area (Å²) in [4.78, 5) is 0. The largest absolute Gasteiger partial charge is 0.383 e. The summed E-state index contributed by atoms with van der Waals surface area (Å²) in [6.45, 7) is 2.94. The van der Waals surface area contributed by atoms with Gasteiger partial charge in [-0.25, -0.2) is 0 Å². The highest BCUT2D eigenvalue weighted by atomic mass is 16.3. The molecule has 20 heavy (non-hydrogen) atoms. The Morgan fingerprint density at radius 1 is 1.15 bits per heavy atom. The molecule has 0 fully saturated rings. The van der Waals surface area contributed by atoms with Gasteiger partial charge in [0.05, 0.1) is 6.04 Å². The minimum Gasteiger partial charge on any atom is -0.383 e. The molecule has 0 radical (unpaired) electrons. The lowest BCUT2D eigenvalue weighted by molar-refractivity contribution is 0.000491. The average Bonchev–Trinajstić information content (AvgIpc) is 3.02. The van der Waals surface area contributed by atoms with Gasteiger partial charge in [0.1, 0.15) is 5.60 Å². The van der Waals surface area contributed by atoms with Gasteiger partial charge in [0.2, 0.25) is 0 Å². The second-order valence-corrected chi connectivity index (χ2v) is 6.10. The predicted octanol–water partition coefficient (Wildman–Crippen LogP) is 2.97. The van der Waals surface area contributed by atoms with Gasteiger partial charge >= 0.3 is 0 Å². The Morgan fingerprint density at radius 3 is 2.90 bits per heavy atom. The molecule has 2 aromatic rings. The fraction of sp³-hybridized carbons (Fsp3) is 0.333. The third-order valence-corrected chi connectivity index (χ3v) is 4.85. The molecule has 0 saturated carbocycles. The molecular formula is C18H19NO. The van der Waals surface area contributed by atoms with E-state index in [1.165, 1.54) is 22.3 Å². The van der Waals surface area contributed by atoms with E-state index in [0.717, 1.165) is 24.9 Å². The molecule has 2 atom stereocenters. The molecule has 4 rings (SSSR count). The van der Waals surface area contributed by atoms with Crippen molar-refractivity contribution in [2.45, 2.75) is 38.0 Å². The Bertz CT molecular complexity index is 679. The van der Waals surface area contributed by atoms with E-state index >= 15 is 0 Å². The molecule has 0 amide bonds. The van der Waals surface area contributed by atoms with Crippen molar-refractivity contribution in [3.05, 3.63) is 70.3 Å². The van der Waals surface area contributed by atoms with E-state index in [1.54, 1.807) is 0 Å². The van der Waals surface area contributed by atoms with Gasteiger partial charge in [0, 0.05) is 6.54 Å². The van der Waals surface area contributed by atoms with Crippen LogP contribution in [-0.4, -0.2) is 5.11 Å². The van der Waals surface area contributed by atoms with Crippen LogP contribution in [0.2, 0.25) is 0 Å². The summed E-state index contributed by atoms with van der Waals surface area (Å²) >= 11 is 0. The maximum absolute atomic E-state index is 11.4. The lowest BCUT2D eigenvalue weighted by atomic mass is 9.84. The number of aliphatic hydroxyl groups is 1. The van der Waals surface area contributed by atoms with Crippen LogP contribution in [0.25, 0.3) is 0 Å². The number of nitrogens with one attached hydrogen (secondary N) is 1. The van der Waals surface area contributed by atoms with Crippen LogP contribution in [-0.2, 0) is 18.6 Å². The van der Waals surface area contributed by atoms with Gasteiger partial charge in [-0.15, -0.1) is 0 Å². The molecule has 1 heterocycles. The van der Waals surface area contributed by atoms with Gasteiger partial charge in [-0.3, -0.25) is 0 Å². The van der Waals surface area contributed by atoms with E-state index < -0.39 is 5.60 Å². The second-order valence-electron chi connectivity index (χ2n) is 6.10. The van der Waals surface area contributed by atoms with Crippen molar-refractivity contribution in [3.8, 4) is 0 Å². The molecule has 2 aliphatic rings. The number of fused-ring (bicyclic) bond motifs is 2. The number of hydrogen-bond acceptors (Lipinski definition) is 2. The third-order valence-electron chi connectivity index (χ3n) is 4.85. The summed E-state index contributed by atoms with van der Waals surface area (Å²) < 4.78 is 0. The van der Waals surface area contributed by atoms with Crippen LogP contribution >= 0.6 is 0 Å². The van der Waals surface area contributed by atoms with E-state index in [9.17, 15) is 5.11 Å². The first-order valence-electron chi connectivity index (χ1n) is 7.32. The quantitative estimate of drug-likeness (QED) is 0.831. The van der Waals surface area contributed by atoms with E-state index in [-0.39, 0.29) is 6.04 Å². The number of hydrogen-bond donors (Lipinski definition) is 2. The van der Waals surface area contributed by atoms with Crippen LogP contribution < -0.4 is 5.32 Å². The highest BCUT2D eigenvalue weighted by molar-refractivity contribution is 5.45. The molecule has 0 saturated heterocycles. The van der Waals surface area contributed by atoms with E-state index in [0.29, 0.717) is 0 Å². The topological polar surface area (TPSA) is 32.3 Å². The lowest BCUT2D eigenvalue weighted by Gasteiger charge is -2.32. The van der Waals surface area contributed by atoms with E-state index in [1.807, 2.05) is 0 Å². The number of rotatable bonds is 1. The molecule has 2 unspecified atom stereocenters. The Kier molecular flexibility index (Phi) is 2.53. The summed E-state index contributed by atoms with van der Waals surface area (Å²) in [7, 11) is 0. The van der Waals surface area contributed by atoms with Crippen molar-refractivity contribution in [1.82, 2.24) is 5.32 Å². The van der Waals surface area contributed by atoms with Crippen LogP contribution in [0.5, 0.6) is 0 Å². The number of aryl methyl sites for hydroxylation is 2. The first kappa shape index (κ1) is 12.1. The Hall–Kier alpha value is -1.64. The van der Waals surface area contributed by atoms with Crippen molar-refractivity contribution >= 4 is 0 Å². The fourth-order valence-electron chi connectivity index (χ4n) is 3.80. The molecular weight excluding hydrogens is 246 g/mol. The van der Waals surface area contributed by atoms with Crippen molar-refractivity contribution in [1.29, 1.82) is 0 Å². The molecule has 0 bridgehead atoms. The van der Waals surface area contributed by atoms with E-state index in [4.69, 9.17) is 0 Å². The van der Waals surface area contributed by atoms with Gasteiger partial charge in [-0.1, -0.05) is 48.0 Å². The van der Waals surface area contributed by atoms with E-state index in [2.05, 4.69) is 54.7 Å². The fourth-order valence-corrected chi connectivity index (χ4v) is 3.80. The first-order valence-corrected chi connectivity index (χ1v) is 7.32. The lowest BCUT2D eigenvalue weighted by Crippen LogP contribution is -2.36. The van der Waals surface area contributed by atoms with Crippen molar-refractivity contribution in [2.75, 3.05) is 0 Å². The van der Waals surface area contributed by atoms with Gasteiger partial charge in [-0.2, -0.15) is 0 Å². The second kappa shape index (κ2) is 4.18. The SMILES string of the molecule is Cc1ccc2c(c1)C(O)(C1NCc3ccccc31)CC2. The molecule has 1 aliphatic heterocycles. The molecule has 0 aromatic heterocycles. The molecule has 1 aliphatic carbocycles. The van der Waals surface area contributed by atoms with Gasteiger partial charge in [-0.05, 0) is 42.0 Å². The van der Waals surface area contributed by atoms with Gasteiger partial charge < -0.3 is 10.4 Å². The zero-order valence-corrected chi connectivity index (χ0v) is 11.7. The van der Waals surface area contributed by atoms with Gasteiger partial charge in [0.25, 0.3) is 0 Å².